The lowest BCUT2D eigenvalue weighted by atomic mass is 10.1. The molecule has 0 saturated carbocycles. The molecule has 1 atom stereocenters. The smallest absolute Gasteiger partial charge is 0.267 e. The van der Waals surface area contributed by atoms with E-state index < -0.39 is 12.0 Å². The van der Waals surface area contributed by atoms with Gasteiger partial charge in [0.15, 0.2) is 6.10 Å². The predicted molar refractivity (Wildman–Crippen MR) is 58.7 cm³/mol. The zero-order valence-corrected chi connectivity index (χ0v) is 9.86. The van der Waals surface area contributed by atoms with Crippen LogP contribution in [-0.4, -0.2) is 22.9 Å². The largest absolute Gasteiger partial charge is 0.464 e. The monoisotopic (exact) mass is 284 g/mol. The van der Waals surface area contributed by atoms with Crippen molar-refractivity contribution in [3.8, 4) is 5.88 Å². The van der Waals surface area contributed by atoms with Gasteiger partial charge in [-0.2, -0.15) is 0 Å². The number of hydrogen-bond donors (Lipinski definition) is 1. The Morgan fingerprint density at radius 2 is 2.25 bits per heavy atom. The van der Waals surface area contributed by atoms with E-state index in [0.29, 0.717) is 18.7 Å². The number of carbonyl (C=O) groups is 2. The van der Waals surface area contributed by atoms with Gasteiger partial charge in [0.2, 0.25) is 11.8 Å². The van der Waals surface area contributed by atoms with Crippen LogP contribution in [0.3, 0.4) is 0 Å². The summed E-state index contributed by atoms with van der Waals surface area (Å²) in [6.07, 6.45) is 1.64. The van der Waals surface area contributed by atoms with E-state index in [-0.39, 0.29) is 5.91 Å². The van der Waals surface area contributed by atoms with Gasteiger partial charge < -0.3 is 4.74 Å². The molecule has 1 N–H and O–H groups in total. The van der Waals surface area contributed by atoms with Gasteiger partial charge in [-0.15, -0.1) is 0 Å². The van der Waals surface area contributed by atoms with Crippen molar-refractivity contribution in [2.24, 2.45) is 0 Å². The maximum Gasteiger partial charge on any atom is 0.267 e. The van der Waals surface area contributed by atoms with Crippen molar-refractivity contribution in [1.29, 1.82) is 0 Å². The van der Waals surface area contributed by atoms with Crippen molar-refractivity contribution in [3.63, 3.8) is 0 Å². The minimum Gasteiger partial charge on any atom is -0.464 e. The predicted octanol–water partition coefficient (Wildman–Crippen LogP) is 1.03. The summed E-state index contributed by atoms with van der Waals surface area (Å²) in [4.78, 5) is 26.3. The minimum atomic E-state index is -0.633. The lowest BCUT2D eigenvalue weighted by molar-refractivity contribution is -0.139. The van der Waals surface area contributed by atoms with E-state index in [1.807, 2.05) is 0 Å². The Bertz CT molecular complexity index is 419. The minimum absolute atomic E-state index is 0.256. The molecule has 1 unspecified atom stereocenters. The number of hydrogen-bond acceptors (Lipinski definition) is 4. The highest BCUT2D eigenvalue weighted by Gasteiger charge is 2.28. The van der Waals surface area contributed by atoms with Crippen LogP contribution in [0.15, 0.2) is 22.8 Å². The van der Waals surface area contributed by atoms with Crippen LogP contribution in [0.25, 0.3) is 0 Å². The van der Waals surface area contributed by atoms with Crippen LogP contribution in [0.5, 0.6) is 5.88 Å². The summed E-state index contributed by atoms with van der Waals surface area (Å²) in [5, 5.41) is 2.22. The molecule has 0 aliphatic carbocycles. The van der Waals surface area contributed by atoms with Crippen LogP contribution in [0.4, 0.5) is 0 Å². The van der Waals surface area contributed by atoms with Gasteiger partial charge >= 0.3 is 0 Å². The first-order chi connectivity index (χ1) is 7.65. The Balaban J connectivity index is 2.02. The Hall–Kier alpha value is -1.43. The number of ether oxygens (including phenoxy) is 1. The van der Waals surface area contributed by atoms with Gasteiger partial charge in [-0.1, -0.05) is 0 Å². The molecule has 16 heavy (non-hydrogen) atoms. The molecular formula is C10H9BrN2O3. The molecule has 0 spiro atoms. The maximum absolute atomic E-state index is 11.4. The highest BCUT2D eigenvalue weighted by Crippen LogP contribution is 2.16. The number of rotatable bonds is 2. The van der Waals surface area contributed by atoms with Gasteiger partial charge in [0.1, 0.15) is 0 Å². The fraction of sp³-hybridized carbons (Fsp3) is 0.300. The molecule has 6 heteroatoms. The second-order valence-corrected chi connectivity index (χ2v) is 4.29. The Morgan fingerprint density at radius 1 is 1.44 bits per heavy atom. The standard InChI is InChI=1S/C10H9BrN2O3/c11-6-1-4-9(12-5-6)16-7-2-3-8(14)13-10(7)15/h1,4-5,7H,2-3H2,(H,13,14,15). The topological polar surface area (TPSA) is 68.3 Å². The average molecular weight is 285 g/mol. The zero-order valence-electron chi connectivity index (χ0n) is 8.27. The quantitative estimate of drug-likeness (QED) is 0.824. The summed E-state index contributed by atoms with van der Waals surface area (Å²) in [6.45, 7) is 0. The van der Waals surface area contributed by atoms with Gasteiger partial charge in [-0.25, -0.2) is 4.98 Å². The third kappa shape index (κ3) is 2.57. The highest BCUT2D eigenvalue weighted by molar-refractivity contribution is 9.10. The van der Waals surface area contributed by atoms with Gasteiger partial charge in [0, 0.05) is 29.6 Å². The van der Waals surface area contributed by atoms with Gasteiger partial charge in [0.05, 0.1) is 0 Å². The molecular weight excluding hydrogens is 276 g/mol. The van der Waals surface area contributed by atoms with E-state index in [1.165, 1.54) is 0 Å². The molecule has 0 bridgehead atoms. The van der Waals surface area contributed by atoms with Crippen LogP contribution < -0.4 is 10.1 Å². The van der Waals surface area contributed by atoms with Crippen LogP contribution in [-0.2, 0) is 9.59 Å². The molecule has 1 aliphatic rings. The van der Waals surface area contributed by atoms with Crippen LogP contribution in [0, 0.1) is 0 Å². The van der Waals surface area contributed by atoms with Gasteiger partial charge in [-0.05, 0) is 22.0 Å². The van der Waals surface area contributed by atoms with E-state index in [1.54, 1.807) is 18.3 Å². The van der Waals surface area contributed by atoms with Crippen molar-refractivity contribution in [2.75, 3.05) is 0 Å². The second kappa shape index (κ2) is 4.61. The van der Waals surface area contributed by atoms with E-state index in [4.69, 9.17) is 4.74 Å². The third-order valence-corrected chi connectivity index (χ3v) is 2.62. The SMILES string of the molecule is O=C1CCC(Oc2ccc(Br)cn2)C(=O)N1. The molecule has 1 fully saturated rings. The van der Waals surface area contributed by atoms with Crippen LogP contribution in [0.1, 0.15) is 12.8 Å². The van der Waals surface area contributed by atoms with E-state index in [9.17, 15) is 9.59 Å². The summed E-state index contributed by atoms with van der Waals surface area (Å²) >= 11 is 3.25. The first-order valence-corrected chi connectivity index (χ1v) is 5.56. The number of amides is 2. The number of piperidine rings is 1. The number of aromatic nitrogens is 1. The van der Waals surface area contributed by atoms with Crippen molar-refractivity contribution in [1.82, 2.24) is 10.3 Å². The van der Waals surface area contributed by atoms with Crippen molar-refractivity contribution >= 4 is 27.7 Å². The summed E-state index contributed by atoms with van der Waals surface area (Å²) in [6, 6.07) is 3.43. The van der Waals surface area contributed by atoms with Gasteiger partial charge in [0.25, 0.3) is 5.91 Å². The molecule has 0 aromatic carbocycles. The van der Waals surface area contributed by atoms with Crippen molar-refractivity contribution < 1.29 is 14.3 Å². The normalized spacial score (nSPS) is 20.4. The maximum atomic E-state index is 11.4. The fourth-order valence-electron chi connectivity index (χ4n) is 1.36. The molecule has 1 saturated heterocycles. The van der Waals surface area contributed by atoms with Crippen molar-refractivity contribution in [2.45, 2.75) is 18.9 Å². The van der Waals surface area contributed by atoms with E-state index >= 15 is 0 Å². The summed E-state index contributed by atoms with van der Waals surface area (Å²) in [5.41, 5.74) is 0. The summed E-state index contributed by atoms with van der Waals surface area (Å²) < 4.78 is 6.21. The van der Waals surface area contributed by atoms with E-state index in [0.717, 1.165) is 4.47 Å². The van der Waals surface area contributed by atoms with Gasteiger partial charge in [-0.3, -0.25) is 14.9 Å². The highest BCUT2D eigenvalue weighted by atomic mass is 79.9. The molecule has 2 amide bonds. The van der Waals surface area contributed by atoms with Crippen LogP contribution >= 0.6 is 15.9 Å². The number of pyridine rings is 1. The number of nitrogens with one attached hydrogen (secondary N) is 1. The lowest BCUT2D eigenvalue weighted by Crippen LogP contribution is -2.46. The molecule has 84 valence electrons. The summed E-state index contributed by atoms with van der Waals surface area (Å²) in [7, 11) is 0. The summed E-state index contributed by atoms with van der Waals surface area (Å²) in [5.74, 6) is -0.285. The number of carbonyl (C=O) groups excluding carboxylic acids is 2. The second-order valence-electron chi connectivity index (χ2n) is 3.37. The molecule has 5 nitrogen and oxygen atoms in total. The lowest BCUT2D eigenvalue weighted by Gasteiger charge is -2.21. The van der Waals surface area contributed by atoms with Crippen LogP contribution in [0.2, 0.25) is 0 Å². The zero-order chi connectivity index (χ0) is 11.5. The number of halogens is 1. The fourth-order valence-corrected chi connectivity index (χ4v) is 1.60. The molecule has 2 heterocycles. The average Bonchev–Trinajstić information content (AvgIpc) is 2.25. The molecule has 0 radical (unpaired) electrons. The van der Waals surface area contributed by atoms with Crippen molar-refractivity contribution in [3.05, 3.63) is 22.8 Å². The number of imide groups is 1. The molecule has 2 rings (SSSR count). The third-order valence-electron chi connectivity index (χ3n) is 2.15. The van der Waals surface area contributed by atoms with E-state index in [2.05, 4.69) is 26.2 Å². The number of nitrogens with zero attached hydrogens (tertiary/aromatic N) is 1. The molecule has 1 aliphatic heterocycles. The molecule has 1 aromatic rings. The first kappa shape index (κ1) is 11.1. The Morgan fingerprint density at radius 3 is 2.88 bits per heavy atom. The Labute approximate surface area is 100 Å². The Kier molecular flexibility index (Phi) is 3.19. The first-order valence-electron chi connectivity index (χ1n) is 4.77. The molecule has 1 aromatic heterocycles.